The molecule has 1 rings (SSSR count). The highest BCUT2D eigenvalue weighted by Crippen LogP contribution is 2.35. The summed E-state index contributed by atoms with van der Waals surface area (Å²) in [6.45, 7) is 0.471. The van der Waals surface area contributed by atoms with Gasteiger partial charge < -0.3 is 16.3 Å². The second-order valence-electron chi connectivity index (χ2n) is 5.37. The summed E-state index contributed by atoms with van der Waals surface area (Å²) in [6.07, 6.45) is 7.51. The molecule has 0 bridgehead atoms. The second kappa shape index (κ2) is 8.24. The fraction of sp³-hybridized carbons (Fsp3) is 0.846. The lowest BCUT2D eigenvalue weighted by atomic mass is 9.78. The molecule has 0 aromatic rings. The van der Waals surface area contributed by atoms with Gasteiger partial charge in [-0.05, 0) is 19.3 Å². The lowest BCUT2D eigenvalue weighted by molar-refractivity contribution is -0.128. The van der Waals surface area contributed by atoms with E-state index >= 15 is 0 Å². The Balaban J connectivity index is 2.67. The van der Waals surface area contributed by atoms with Crippen molar-refractivity contribution < 1.29 is 14.2 Å². The summed E-state index contributed by atoms with van der Waals surface area (Å²) in [5.74, 6) is 0.407. The number of amides is 1. The molecule has 1 atom stereocenters. The number of hydrogen-bond donors (Lipinski definition) is 3. The predicted molar refractivity (Wildman–Crippen MR) is 80.1 cm³/mol. The highest BCUT2D eigenvalue weighted by atomic mass is 32.2. The van der Waals surface area contributed by atoms with Gasteiger partial charge in [0.25, 0.3) is 0 Å². The van der Waals surface area contributed by atoms with Crippen molar-refractivity contribution in [1.82, 2.24) is 5.32 Å². The molecule has 20 heavy (non-hydrogen) atoms. The number of hydrogen-bond acceptors (Lipinski definition) is 4. The molecule has 6 nitrogen and oxygen atoms in total. The molecule has 1 amide bonds. The molecular formula is C13H25N3O3S. The zero-order valence-corrected chi connectivity index (χ0v) is 12.9. The summed E-state index contributed by atoms with van der Waals surface area (Å²) in [5, 5.41) is 14.9. The average Bonchev–Trinajstić information content (AvgIpc) is 2.69. The Bertz CT molecular complexity index is 377. The van der Waals surface area contributed by atoms with Gasteiger partial charge in [0, 0.05) is 29.4 Å². The molecule has 7 heteroatoms. The van der Waals surface area contributed by atoms with Crippen LogP contribution in [0.1, 0.15) is 44.9 Å². The Kier molecular flexibility index (Phi) is 6.98. The molecule has 0 radical (unpaired) electrons. The van der Waals surface area contributed by atoms with E-state index in [1.54, 1.807) is 6.26 Å². The van der Waals surface area contributed by atoms with E-state index < -0.39 is 16.2 Å². The normalized spacial score (nSPS) is 20.9. The number of nitrogens with one attached hydrogen (secondary N) is 1. The minimum absolute atomic E-state index is 0.0102. The highest BCUT2D eigenvalue weighted by molar-refractivity contribution is 7.84. The molecule has 1 unspecified atom stereocenters. The van der Waals surface area contributed by atoms with Crippen molar-refractivity contribution in [3.63, 3.8) is 0 Å². The lowest BCUT2D eigenvalue weighted by Gasteiger charge is -2.29. The number of oxime groups is 1. The Morgan fingerprint density at radius 2 is 1.95 bits per heavy atom. The van der Waals surface area contributed by atoms with Crippen LogP contribution in [0, 0.1) is 5.41 Å². The van der Waals surface area contributed by atoms with Gasteiger partial charge in [-0.25, -0.2) is 0 Å². The van der Waals surface area contributed by atoms with Crippen molar-refractivity contribution in [3.8, 4) is 0 Å². The van der Waals surface area contributed by atoms with E-state index in [0.29, 0.717) is 31.6 Å². The summed E-state index contributed by atoms with van der Waals surface area (Å²) >= 11 is 0. The van der Waals surface area contributed by atoms with Crippen LogP contribution in [0.3, 0.4) is 0 Å². The van der Waals surface area contributed by atoms with Gasteiger partial charge in [-0.15, -0.1) is 0 Å². The third kappa shape index (κ3) is 4.47. The predicted octanol–water partition coefficient (Wildman–Crippen LogP) is 0.958. The van der Waals surface area contributed by atoms with Gasteiger partial charge in [0.1, 0.15) is 5.41 Å². The Morgan fingerprint density at radius 3 is 2.45 bits per heavy atom. The Hall–Kier alpha value is -1.11. The van der Waals surface area contributed by atoms with Crippen molar-refractivity contribution in [2.75, 3.05) is 18.6 Å². The molecule has 0 aliphatic heterocycles. The van der Waals surface area contributed by atoms with Crippen LogP contribution in [-0.4, -0.2) is 39.7 Å². The minimum Gasteiger partial charge on any atom is -0.409 e. The van der Waals surface area contributed by atoms with E-state index in [0.717, 1.165) is 25.7 Å². The number of rotatable bonds is 6. The first-order chi connectivity index (χ1) is 9.53. The molecule has 4 N–H and O–H groups in total. The maximum Gasteiger partial charge on any atom is 0.233 e. The van der Waals surface area contributed by atoms with E-state index in [9.17, 15) is 9.00 Å². The molecule has 0 saturated heterocycles. The van der Waals surface area contributed by atoms with Crippen LogP contribution >= 0.6 is 0 Å². The monoisotopic (exact) mass is 303 g/mol. The van der Waals surface area contributed by atoms with Gasteiger partial charge in [0.2, 0.25) is 5.91 Å². The number of nitrogens with two attached hydrogens (primary N) is 1. The number of nitrogens with zero attached hydrogens (tertiary/aromatic N) is 1. The van der Waals surface area contributed by atoms with Crippen LogP contribution in [-0.2, 0) is 15.6 Å². The number of amidine groups is 1. The van der Waals surface area contributed by atoms with Gasteiger partial charge in [-0.3, -0.25) is 9.00 Å². The first-order valence-electron chi connectivity index (χ1n) is 7.09. The molecule has 0 aromatic heterocycles. The zero-order valence-electron chi connectivity index (χ0n) is 12.1. The second-order valence-corrected chi connectivity index (χ2v) is 6.92. The van der Waals surface area contributed by atoms with Crippen LogP contribution in [0.25, 0.3) is 0 Å². The fourth-order valence-electron chi connectivity index (χ4n) is 2.67. The van der Waals surface area contributed by atoms with E-state index in [4.69, 9.17) is 10.9 Å². The van der Waals surface area contributed by atoms with Crippen molar-refractivity contribution >= 4 is 22.5 Å². The van der Waals surface area contributed by atoms with Gasteiger partial charge in [-0.1, -0.05) is 30.8 Å². The largest absolute Gasteiger partial charge is 0.409 e. The van der Waals surface area contributed by atoms with Crippen LogP contribution < -0.4 is 11.1 Å². The van der Waals surface area contributed by atoms with Crippen LogP contribution in [0.2, 0.25) is 0 Å². The van der Waals surface area contributed by atoms with Crippen molar-refractivity contribution in [2.24, 2.45) is 16.3 Å². The molecule has 1 aliphatic rings. The molecule has 1 saturated carbocycles. The molecule has 1 aliphatic carbocycles. The number of carbonyl (C=O) groups is 1. The smallest absolute Gasteiger partial charge is 0.233 e. The summed E-state index contributed by atoms with van der Waals surface area (Å²) < 4.78 is 11.0. The van der Waals surface area contributed by atoms with Crippen molar-refractivity contribution in [1.29, 1.82) is 0 Å². The van der Waals surface area contributed by atoms with Gasteiger partial charge in [-0.2, -0.15) is 0 Å². The van der Waals surface area contributed by atoms with Gasteiger partial charge in [0.05, 0.1) is 0 Å². The Morgan fingerprint density at radius 1 is 1.35 bits per heavy atom. The average molecular weight is 303 g/mol. The maximum atomic E-state index is 12.5. The third-order valence-corrected chi connectivity index (χ3v) is 4.75. The van der Waals surface area contributed by atoms with Gasteiger partial charge >= 0.3 is 0 Å². The SMILES string of the molecule is CS(=O)CCCNC(=O)C1(C(N)=NO)CCCCCC1. The van der Waals surface area contributed by atoms with Crippen molar-refractivity contribution in [2.45, 2.75) is 44.9 Å². The summed E-state index contributed by atoms with van der Waals surface area (Å²) in [7, 11) is -0.848. The molecule has 0 aromatic carbocycles. The minimum atomic E-state index is -0.878. The van der Waals surface area contributed by atoms with Gasteiger partial charge in [0.15, 0.2) is 5.84 Å². The topological polar surface area (TPSA) is 105 Å². The summed E-state index contributed by atoms with van der Waals surface area (Å²) in [6, 6.07) is 0. The quantitative estimate of drug-likeness (QED) is 0.170. The molecule has 1 fully saturated rings. The van der Waals surface area contributed by atoms with Crippen molar-refractivity contribution in [3.05, 3.63) is 0 Å². The summed E-state index contributed by atoms with van der Waals surface area (Å²) in [5.41, 5.74) is 4.92. The molecular weight excluding hydrogens is 278 g/mol. The molecule has 0 spiro atoms. The fourth-order valence-corrected chi connectivity index (χ4v) is 3.22. The Labute approximate surface area is 122 Å². The first-order valence-corrected chi connectivity index (χ1v) is 8.82. The summed E-state index contributed by atoms with van der Waals surface area (Å²) in [4.78, 5) is 12.5. The van der Waals surface area contributed by atoms with Crippen LogP contribution in [0.5, 0.6) is 0 Å². The molecule has 0 heterocycles. The van der Waals surface area contributed by atoms with Crippen LogP contribution in [0.15, 0.2) is 5.16 Å². The lowest BCUT2D eigenvalue weighted by Crippen LogP contribution is -2.50. The third-order valence-electron chi connectivity index (χ3n) is 3.88. The van der Waals surface area contributed by atoms with E-state index in [1.165, 1.54) is 0 Å². The zero-order chi connectivity index (χ0) is 15.0. The maximum absolute atomic E-state index is 12.5. The standard InChI is InChI=1S/C13H25N3O3S/c1-20(19)10-6-9-15-12(17)13(11(14)16-18)7-4-2-3-5-8-13/h18H,2-10H2,1H3,(H2,14,16)(H,15,17). The van der Waals surface area contributed by atoms with E-state index in [1.807, 2.05) is 0 Å². The van der Waals surface area contributed by atoms with E-state index in [2.05, 4.69) is 10.5 Å². The number of carbonyl (C=O) groups excluding carboxylic acids is 1. The van der Waals surface area contributed by atoms with E-state index in [-0.39, 0.29) is 11.7 Å². The first kappa shape index (κ1) is 16.9. The van der Waals surface area contributed by atoms with Crippen LogP contribution in [0.4, 0.5) is 0 Å². The molecule has 116 valence electrons. The highest BCUT2D eigenvalue weighted by Gasteiger charge is 2.42.